The number of rotatable bonds is 4. The Morgan fingerprint density at radius 1 is 0.913 bits per heavy atom. The number of anilines is 1. The first kappa shape index (κ1) is 15.6. The van der Waals surface area contributed by atoms with E-state index >= 15 is 0 Å². The Labute approximate surface area is 142 Å². The van der Waals surface area contributed by atoms with Crippen molar-refractivity contribution in [1.29, 1.82) is 0 Å². The van der Waals surface area contributed by atoms with Crippen LogP contribution >= 0.6 is 11.6 Å². The Morgan fingerprint density at radius 2 is 1.61 bits per heavy atom. The number of allylic oxidation sites excluding steroid dienone is 3. The second-order valence-corrected chi connectivity index (χ2v) is 5.84. The third kappa shape index (κ3) is 4.33. The molecule has 0 unspecified atom stereocenters. The maximum Gasteiger partial charge on any atom is 0.0629 e. The topological polar surface area (TPSA) is 24.4 Å². The van der Waals surface area contributed by atoms with Gasteiger partial charge in [-0.15, -0.1) is 0 Å². The zero-order valence-electron chi connectivity index (χ0n) is 12.9. The number of nitrogens with zero attached hydrogens (tertiary/aromatic N) is 1. The highest BCUT2D eigenvalue weighted by Crippen LogP contribution is 2.32. The highest BCUT2D eigenvalue weighted by atomic mass is 35.5. The molecule has 2 aromatic rings. The van der Waals surface area contributed by atoms with E-state index < -0.39 is 0 Å². The van der Waals surface area contributed by atoms with Crippen LogP contribution in [0.3, 0.4) is 0 Å². The Hall–Kier alpha value is -2.32. The molecule has 0 saturated carbocycles. The van der Waals surface area contributed by atoms with Crippen molar-refractivity contribution in [3.05, 3.63) is 83.0 Å². The number of hydrogen-bond donors (Lipinski definition) is 1. The summed E-state index contributed by atoms with van der Waals surface area (Å²) in [5, 5.41) is 4.13. The monoisotopic (exact) mass is 322 g/mol. The van der Waals surface area contributed by atoms with Gasteiger partial charge in [0.2, 0.25) is 0 Å². The summed E-state index contributed by atoms with van der Waals surface area (Å²) in [5.74, 6) is 0. The minimum absolute atomic E-state index is 0.819. The number of para-hydroxylation sites is 2. The van der Waals surface area contributed by atoms with E-state index in [0.717, 1.165) is 46.8 Å². The predicted molar refractivity (Wildman–Crippen MR) is 99.5 cm³/mol. The lowest BCUT2D eigenvalue weighted by molar-refractivity contribution is 0.800. The average Bonchev–Trinajstić information content (AvgIpc) is 2.61. The molecule has 0 aliphatic heterocycles. The SMILES string of the molecule is ClC1=C(/C=N/c2ccccc2)CCCC1=CNc1ccccc1. The molecule has 0 spiro atoms. The average molecular weight is 323 g/mol. The molecule has 1 aliphatic carbocycles. The first-order chi connectivity index (χ1) is 11.3. The molecule has 0 aromatic heterocycles. The van der Waals surface area contributed by atoms with Crippen molar-refractivity contribution in [2.45, 2.75) is 19.3 Å². The lowest BCUT2D eigenvalue weighted by atomic mass is 9.96. The van der Waals surface area contributed by atoms with Gasteiger partial charge in [-0.3, -0.25) is 4.99 Å². The predicted octanol–water partition coefficient (Wildman–Crippen LogP) is 6.06. The van der Waals surface area contributed by atoms with Crippen LogP contribution in [0.2, 0.25) is 0 Å². The van der Waals surface area contributed by atoms with Crippen molar-refractivity contribution in [1.82, 2.24) is 0 Å². The quantitative estimate of drug-likeness (QED) is 0.679. The molecular formula is C20H19ClN2. The van der Waals surface area contributed by atoms with Crippen molar-refractivity contribution in [2.24, 2.45) is 4.99 Å². The molecular weight excluding hydrogens is 304 g/mol. The minimum atomic E-state index is 0.819. The van der Waals surface area contributed by atoms with Gasteiger partial charge in [0.25, 0.3) is 0 Å². The van der Waals surface area contributed by atoms with Crippen LogP contribution in [-0.2, 0) is 0 Å². The van der Waals surface area contributed by atoms with E-state index in [4.69, 9.17) is 11.6 Å². The fourth-order valence-electron chi connectivity index (χ4n) is 2.52. The van der Waals surface area contributed by atoms with Crippen molar-refractivity contribution in [3.8, 4) is 0 Å². The molecule has 0 bridgehead atoms. The second-order valence-electron chi connectivity index (χ2n) is 5.47. The highest BCUT2D eigenvalue weighted by molar-refractivity contribution is 6.33. The Balaban J connectivity index is 1.76. The van der Waals surface area contributed by atoms with E-state index in [1.807, 2.05) is 73.1 Å². The minimum Gasteiger partial charge on any atom is -0.361 e. The molecule has 0 atom stereocenters. The van der Waals surface area contributed by atoms with Crippen LogP contribution in [0.4, 0.5) is 11.4 Å². The molecule has 3 rings (SSSR count). The zero-order chi connectivity index (χ0) is 15.9. The molecule has 1 N–H and O–H groups in total. The molecule has 23 heavy (non-hydrogen) atoms. The molecule has 2 nitrogen and oxygen atoms in total. The van der Waals surface area contributed by atoms with Gasteiger partial charge in [0.1, 0.15) is 0 Å². The van der Waals surface area contributed by atoms with Gasteiger partial charge in [-0.25, -0.2) is 0 Å². The van der Waals surface area contributed by atoms with Gasteiger partial charge in [-0.05, 0) is 54.7 Å². The van der Waals surface area contributed by atoms with Gasteiger partial charge < -0.3 is 5.32 Å². The molecule has 0 amide bonds. The largest absolute Gasteiger partial charge is 0.361 e. The molecule has 3 heteroatoms. The number of halogens is 1. The lowest BCUT2D eigenvalue weighted by Crippen LogP contribution is -2.02. The summed E-state index contributed by atoms with van der Waals surface area (Å²) in [5.41, 5.74) is 4.25. The lowest BCUT2D eigenvalue weighted by Gasteiger charge is -2.17. The number of nitrogens with one attached hydrogen (secondary N) is 1. The normalized spacial score (nSPS) is 17.0. The van der Waals surface area contributed by atoms with Crippen LogP contribution < -0.4 is 5.32 Å². The molecule has 2 aromatic carbocycles. The third-order valence-corrected chi connectivity index (χ3v) is 4.25. The maximum atomic E-state index is 6.56. The van der Waals surface area contributed by atoms with Crippen LogP contribution in [0.1, 0.15) is 19.3 Å². The molecule has 1 aliphatic rings. The van der Waals surface area contributed by atoms with Gasteiger partial charge in [0.05, 0.1) is 5.69 Å². The van der Waals surface area contributed by atoms with E-state index in [9.17, 15) is 0 Å². The first-order valence-electron chi connectivity index (χ1n) is 7.82. The van der Waals surface area contributed by atoms with Gasteiger partial charge in [0.15, 0.2) is 0 Å². The number of benzene rings is 2. The summed E-state index contributed by atoms with van der Waals surface area (Å²) in [6.07, 6.45) is 6.95. The Morgan fingerprint density at radius 3 is 2.35 bits per heavy atom. The Bertz CT molecular complexity index is 731. The van der Waals surface area contributed by atoms with Gasteiger partial charge in [0, 0.05) is 23.1 Å². The summed E-state index contributed by atoms with van der Waals surface area (Å²) in [7, 11) is 0. The summed E-state index contributed by atoms with van der Waals surface area (Å²) >= 11 is 6.56. The van der Waals surface area contributed by atoms with E-state index in [1.54, 1.807) is 0 Å². The van der Waals surface area contributed by atoms with Crippen LogP contribution in [0.25, 0.3) is 0 Å². The summed E-state index contributed by atoms with van der Waals surface area (Å²) in [6, 6.07) is 20.0. The molecule has 0 heterocycles. The van der Waals surface area contributed by atoms with Crippen molar-refractivity contribution in [3.63, 3.8) is 0 Å². The van der Waals surface area contributed by atoms with Crippen molar-refractivity contribution < 1.29 is 0 Å². The Kier molecular flexibility index (Phi) is 5.28. The van der Waals surface area contributed by atoms with E-state index in [2.05, 4.69) is 10.3 Å². The third-order valence-electron chi connectivity index (χ3n) is 3.77. The maximum absolute atomic E-state index is 6.56. The van der Waals surface area contributed by atoms with Gasteiger partial charge >= 0.3 is 0 Å². The van der Waals surface area contributed by atoms with E-state index in [-0.39, 0.29) is 0 Å². The fraction of sp³-hybridized carbons (Fsp3) is 0.150. The molecule has 0 radical (unpaired) electrons. The van der Waals surface area contributed by atoms with E-state index in [0.29, 0.717) is 0 Å². The molecule has 0 fully saturated rings. The summed E-state index contributed by atoms with van der Waals surface area (Å²) in [4.78, 5) is 4.52. The van der Waals surface area contributed by atoms with Crippen molar-refractivity contribution in [2.75, 3.05) is 5.32 Å². The van der Waals surface area contributed by atoms with Crippen molar-refractivity contribution >= 4 is 29.2 Å². The summed E-state index contributed by atoms with van der Waals surface area (Å²) < 4.78 is 0. The van der Waals surface area contributed by atoms with E-state index in [1.165, 1.54) is 0 Å². The molecule has 116 valence electrons. The van der Waals surface area contributed by atoms with Crippen LogP contribution in [0.15, 0.2) is 88.0 Å². The van der Waals surface area contributed by atoms with Gasteiger partial charge in [-0.2, -0.15) is 0 Å². The standard InChI is InChI=1S/C20H19ClN2/c21-20-16(14-22-18-10-3-1-4-11-18)8-7-9-17(20)15-23-19-12-5-2-6-13-19/h1-6,10-15,22H,7-9H2/b16-14?,23-15+. The smallest absolute Gasteiger partial charge is 0.0629 e. The number of aliphatic imine (C=N–C) groups is 1. The number of hydrogen-bond acceptors (Lipinski definition) is 2. The highest BCUT2D eigenvalue weighted by Gasteiger charge is 2.14. The second kappa shape index (κ2) is 7.80. The first-order valence-corrected chi connectivity index (χ1v) is 8.19. The fourth-order valence-corrected chi connectivity index (χ4v) is 2.82. The van der Waals surface area contributed by atoms with Crippen LogP contribution in [0.5, 0.6) is 0 Å². The van der Waals surface area contributed by atoms with Crippen LogP contribution in [0, 0.1) is 0 Å². The summed E-state index contributed by atoms with van der Waals surface area (Å²) in [6.45, 7) is 0. The zero-order valence-corrected chi connectivity index (χ0v) is 13.6. The van der Waals surface area contributed by atoms with Crippen LogP contribution in [-0.4, -0.2) is 6.21 Å². The molecule has 0 saturated heterocycles. The van der Waals surface area contributed by atoms with Gasteiger partial charge in [-0.1, -0.05) is 48.0 Å².